The average molecular weight is 409 g/mol. The number of anilines is 2. The molecule has 2 amide bonds. The zero-order valence-corrected chi connectivity index (χ0v) is 17.5. The van der Waals surface area contributed by atoms with E-state index in [0.717, 1.165) is 41.2 Å². The molecular formula is C22H28N6O2. The van der Waals surface area contributed by atoms with Crippen molar-refractivity contribution < 1.29 is 9.53 Å². The van der Waals surface area contributed by atoms with Crippen LogP contribution in [0.25, 0.3) is 11.1 Å². The highest BCUT2D eigenvalue weighted by atomic mass is 16.5. The summed E-state index contributed by atoms with van der Waals surface area (Å²) in [5, 5.41) is 16.1. The summed E-state index contributed by atoms with van der Waals surface area (Å²) in [5.41, 5.74) is 4.53. The van der Waals surface area contributed by atoms with Crippen LogP contribution < -0.4 is 20.7 Å². The lowest BCUT2D eigenvalue weighted by Crippen LogP contribution is -2.29. The Morgan fingerprint density at radius 1 is 1.13 bits per heavy atom. The summed E-state index contributed by atoms with van der Waals surface area (Å²) < 4.78 is 5.22. The minimum absolute atomic E-state index is 0.274. The van der Waals surface area contributed by atoms with Crippen molar-refractivity contribution in [2.24, 2.45) is 0 Å². The minimum Gasteiger partial charge on any atom is -0.497 e. The SMILES string of the molecule is COc1cccc(CNC(=O)Nc2ccc(-c3cn[nH]c3)cc2NCCN(C)C)c1. The number of carbonyl (C=O) groups excluding carboxylic acids is 1. The molecule has 0 fully saturated rings. The predicted octanol–water partition coefficient (Wildman–Crippen LogP) is 3.38. The second kappa shape index (κ2) is 10.3. The molecule has 0 saturated heterocycles. The normalized spacial score (nSPS) is 10.7. The van der Waals surface area contributed by atoms with E-state index in [0.29, 0.717) is 12.2 Å². The molecule has 1 aromatic heterocycles. The van der Waals surface area contributed by atoms with Crippen molar-refractivity contribution in [1.82, 2.24) is 20.4 Å². The van der Waals surface area contributed by atoms with Gasteiger partial charge in [-0.25, -0.2) is 4.79 Å². The number of rotatable bonds is 9. The Morgan fingerprint density at radius 3 is 2.73 bits per heavy atom. The molecule has 8 nitrogen and oxygen atoms in total. The number of H-pyrrole nitrogens is 1. The molecule has 158 valence electrons. The van der Waals surface area contributed by atoms with Gasteiger partial charge >= 0.3 is 6.03 Å². The van der Waals surface area contributed by atoms with E-state index in [-0.39, 0.29) is 6.03 Å². The van der Waals surface area contributed by atoms with Crippen LogP contribution in [0.2, 0.25) is 0 Å². The summed E-state index contributed by atoms with van der Waals surface area (Å²) in [6.07, 6.45) is 3.61. The molecule has 0 aliphatic rings. The smallest absolute Gasteiger partial charge is 0.319 e. The molecule has 3 rings (SSSR count). The fraction of sp³-hybridized carbons (Fsp3) is 0.273. The lowest BCUT2D eigenvalue weighted by atomic mass is 10.1. The highest BCUT2D eigenvalue weighted by Crippen LogP contribution is 2.28. The molecule has 0 aliphatic heterocycles. The molecular weight excluding hydrogens is 380 g/mol. The Labute approximate surface area is 176 Å². The van der Waals surface area contributed by atoms with Gasteiger partial charge in [-0.3, -0.25) is 5.10 Å². The number of ether oxygens (including phenoxy) is 1. The molecule has 0 atom stereocenters. The highest BCUT2D eigenvalue weighted by Gasteiger charge is 2.10. The van der Waals surface area contributed by atoms with Crippen LogP contribution in [0.3, 0.4) is 0 Å². The third-order valence-electron chi connectivity index (χ3n) is 4.56. The van der Waals surface area contributed by atoms with Gasteiger partial charge in [-0.05, 0) is 49.5 Å². The first kappa shape index (κ1) is 21.2. The van der Waals surface area contributed by atoms with Gasteiger partial charge in [-0.2, -0.15) is 5.10 Å². The van der Waals surface area contributed by atoms with Crippen LogP contribution >= 0.6 is 0 Å². The van der Waals surface area contributed by atoms with Gasteiger partial charge in [0.05, 0.1) is 24.7 Å². The molecule has 0 radical (unpaired) electrons. The fourth-order valence-electron chi connectivity index (χ4n) is 2.93. The van der Waals surface area contributed by atoms with Crippen LogP contribution in [0, 0.1) is 0 Å². The zero-order chi connectivity index (χ0) is 21.3. The maximum absolute atomic E-state index is 12.5. The topological polar surface area (TPSA) is 94.3 Å². The molecule has 8 heteroatoms. The number of carbonyl (C=O) groups is 1. The van der Waals surface area contributed by atoms with Gasteiger partial charge in [0.25, 0.3) is 0 Å². The first-order chi connectivity index (χ1) is 14.5. The zero-order valence-electron chi connectivity index (χ0n) is 17.5. The number of benzene rings is 2. The molecule has 0 bridgehead atoms. The van der Waals surface area contributed by atoms with E-state index in [4.69, 9.17) is 4.74 Å². The van der Waals surface area contributed by atoms with Crippen molar-refractivity contribution >= 4 is 17.4 Å². The van der Waals surface area contributed by atoms with Crippen LogP contribution in [-0.2, 0) is 6.54 Å². The van der Waals surface area contributed by atoms with Gasteiger partial charge in [-0.1, -0.05) is 18.2 Å². The van der Waals surface area contributed by atoms with Crippen LogP contribution in [-0.4, -0.2) is 55.4 Å². The highest BCUT2D eigenvalue weighted by molar-refractivity contribution is 5.94. The standard InChI is InChI=1S/C22H28N6O2/c1-28(2)10-9-23-21-12-17(18-14-25-26-15-18)7-8-20(21)27-22(29)24-13-16-5-4-6-19(11-16)30-3/h4-8,11-12,14-15,23H,9-10,13H2,1-3H3,(H,25,26)(H2,24,27,29). The van der Waals surface area contributed by atoms with E-state index >= 15 is 0 Å². The van der Waals surface area contributed by atoms with Crippen LogP contribution in [0.4, 0.5) is 16.2 Å². The second-order valence-electron chi connectivity index (χ2n) is 7.14. The summed E-state index contributed by atoms with van der Waals surface area (Å²) in [6.45, 7) is 2.03. The summed E-state index contributed by atoms with van der Waals surface area (Å²) in [5.74, 6) is 0.761. The van der Waals surface area contributed by atoms with Gasteiger partial charge in [0.2, 0.25) is 0 Å². The van der Waals surface area contributed by atoms with E-state index in [9.17, 15) is 4.79 Å². The monoisotopic (exact) mass is 408 g/mol. The predicted molar refractivity (Wildman–Crippen MR) is 120 cm³/mol. The lowest BCUT2D eigenvalue weighted by molar-refractivity contribution is 0.251. The van der Waals surface area contributed by atoms with E-state index < -0.39 is 0 Å². The van der Waals surface area contributed by atoms with Crippen molar-refractivity contribution in [2.75, 3.05) is 44.9 Å². The maximum atomic E-state index is 12.5. The molecule has 4 N–H and O–H groups in total. The Balaban J connectivity index is 1.68. The number of aromatic nitrogens is 2. The van der Waals surface area contributed by atoms with Crippen LogP contribution in [0.5, 0.6) is 5.75 Å². The number of urea groups is 1. The Hall–Kier alpha value is -3.52. The number of aromatic amines is 1. The molecule has 0 aliphatic carbocycles. The molecule has 1 heterocycles. The Bertz CT molecular complexity index is 956. The van der Waals surface area contributed by atoms with Crippen LogP contribution in [0.15, 0.2) is 54.9 Å². The van der Waals surface area contributed by atoms with Gasteiger partial charge in [0.1, 0.15) is 5.75 Å². The number of nitrogens with one attached hydrogen (secondary N) is 4. The third-order valence-corrected chi connectivity index (χ3v) is 4.56. The van der Waals surface area contributed by atoms with E-state index in [2.05, 4.69) is 31.0 Å². The maximum Gasteiger partial charge on any atom is 0.319 e. The van der Waals surface area contributed by atoms with Crippen molar-refractivity contribution in [3.05, 3.63) is 60.4 Å². The molecule has 0 unspecified atom stereocenters. The molecule has 0 saturated carbocycles. The second-order valence-corrected chi connectivity index (χ2v) is 7.14. The average Bonchev–Trinajstić information content (AvgIpc) is 3.28. The summed E-state index contributed by atoms with van der Waals surface area (Å²) in [4.78, 5) is 14.6. The van der Waals surface area contributed by atoms with Gasteiger partial charge in [-0.15, -0.1) is 0 Å². The van der Waals surface area contributed by atoms with E-state index in [1.165, 1.54) is 0 Å². The van der Waals surface area contributed by atoms with E-state index in [1.54, 1.807) is 13.3 Å². The van der Waals surface area contributed by atoms with Crippen molar-refractivity contribution in [3.8, 4) is 16.9 Å². The van der Waals surface area contributed by atoms with Crippen LogP contribution in [0.1, 0.15) is 5.56 Å². The van der Waals surface area contributed by atoms with Gasteiger partial charge in [0.15, 0.2) is 0 Å². The van der Waals surface area contributed by atoms with Gasteiger partial charge < -0.3 is 25.6 Å². The van der Waals surface area contributed by atoms with Crippen molar-refractivity contribution in [3.63, 3.8) is 0 Å². The molecule has 0 spiro atoms. The number of hydrogen-bond donors (Lipinski definition) is 4. The van der Waals surface area contributed by atoms with Gasteiger partial charge in [0, 0.05) is 31.4 Å². The Morgan fingerprint density at radius 2 is 2.00 bits per heavy atom. The lowest BCUT2D eigenvalue weighted by Gasteiger charge is -2.17. The number of methoxy groups -OCH3 is 1. The van der Waals surface area contributed by atoms with Crippen molar-refractivity contribution in [2.45, 2.75) is 6.54 Å². The first-order valence-corrected chi connectivity index (χ1v) is 9.75. The molecule has 2 aromatic carbocycles. The summed E-state index contributed by atoms with van der Waals surface area (Å²) >= 11 is 0. The third kappa shape index (κ3) is 5.99. The number of nitrogens with zero attached hydrogens (tertiary/aromatic N) is 2. The fourth-order valence-corrected chi connectivity index (χ4v) is 2.93. The number of amides is 2. The quantitative estimate of drug-likeness (QED) is 0.435. The summed E-state index contributed by atoms with van der Waals surface area (Å²) in [6, 6.07) is 13.2. The summed E-state index contributed by atoms with van der Waals surface area (Å²) in [7, 11) is 5.67. The number of hydrogen-bond acceptors (Lipinski definition) is 5. The largest absolute Gasteiger partial charge is 0.497 e. The number of likely N-dealkylation sites (N-methyl/N-ethyl adjacent to an activating group) is 1. The molecule has 3 aromatic rings. The first-order valence-electron chi connectivity index (χ1n) is 9.75. The van der Waals surface area contributed by atoms with E-state index in [1.807, 2.05) is 62.8 Å². The molecule has 30 heavy (non-hydrogen) atoms. The minimum atomic E-state index is -0.274. The van der Waals surface area contributed by atoms with Crippen molar-refractivity contribution in [1.29, 1.82) is 0 Å². The Kier molecular flexibility index (Phi) is 7.29.